The number of nitrogens with zero attached hydrogens (tertiary/aromatic N) is 2. The Morgan fingerprint density at radius 2 is 2.05 bits per heavy atom. The smallest absolute Gasteiger partial charge is 0.244 e. The van der Waals surface area contributed by atoms with Crippen LogP contribution in [0, 0.1) is 11.3 Å². The maximum Gasteiger partial charge on any atom is 0.244 e. The lowest BCUT2D eigenvalue weighted by Crippen LogP contribution is -2.34. The molecule has 0 heterocycles. The van der Waals surface area contributed by atoms with Crippen molar-refractivity contribution >= 4 is 33.2 Å². The summed E-state index contributed by atoms with van der Waals surface area (Å²) in [5.41, 5.74) is 0. The number of rotatable bonds is 7. The fourth-order valence-electron chi connectivity index (χ4n) is 1.53. The number of halogens is 2. The third kappa shape index (κ3) is 4.33. The van der Waals surface area contributed by atoms with Crippen molar-refractivity contribution in [3.05, 3.63) is 28.2 Å². The Bertz CT molecular complexity index is 599. The van der Waals surface area contributed by atoms with Gasteiger partial charge in [0.1, 0.15) is 4.90 Å². The maximum atomic E-state index is 12.5. The van der Waals surface area contributed by atoms with Crippen LogP contribution in [0.1, 0.15) is 6.42 Å². The van der Waals surface area contributed by atoms with E-state index in [4.69, 9.17) is 33.2 Å². The minimum absolute atomic E-state index is 0.0688. The molecule has 0 bridgehead atoms. The van der Waals surface area contributed by atoms with Crippen LogP contribution in [0.25, 0.3) is 0 Å². The average Bonchev–Trinajstić information content (AvgIpc) is 2.41. The predicted octanol–water partition coefficient (Wildman–Crippen LogP) is 2.54. The number of benzene rings is 1. The van der Waals surface area contributed by atoms with Crippen LogP contribution in [-0.2, 0) is 14.8 Å². The summed E-state index contributed by atoms with van der Waals surface area (Å²) in [4.78, 5) is -0.0688. The molecule has 0 atom stereocenters. The lowest BCUT2D eigenvalue weighted by Gasteiger charge is -2.21. The Balaban J connectivity index is 3.14. The predicted molar refractivity (Wildman–Crippen MR) is 77.3 cm³/mol. The molecule has 20 heavy (non-hydrogen) atoms. The molecule has 0 amide bonds. The van der Waals surface area contributed by atoms with Gasteiger partial charge in [-0.25, -0.2) is 8.42 Å². The molecule has 0 fully saturated rings. The minimum atomic E-state index is -3.81. The van der Waals surface area contributed by atoms with E-state index >= 15 is 0 Å². The van der Waals surface area contributed by atoms with E-state index in [9.17, 15) is 8.42 Å². The van der Waals surface area contributed by atoms with Crippen molar-refractivity contribution in [2.24, 2.45) is 0 Å². The molecule has 0 aromatic heterocycles. The Kier molecular flexibility index (Phi) is 6.72. The molecular weight excluding hydrogens is 323 g/mol. The van der Waals surface area contributed by atoms with Crippen LogP contribution < -0.4 is 0 Å². The van der Waals surface area contributed by atoms with Crippen LogP contribution in [0.4, 0.5) is 0 Å². The van der Waals surface area contributed by atoms with Crippen LogP contribution in [0.3, 0.4) is 0 Å². The van der Waals surface area contributed by atoms with Gasteiger partial charge in [-0.2, -0.15) is 9.57 Å². The van der Waals surface area contributed by atoms with Crippen LogP contribution in [0.15, 0.2) is 23.1 Å². The first-order valence-corrected chi connectivity index (χ1v) is 7.94. The normalized spacial score (nSPS) is 11.6. The van der Waals surface area contributed by atoms with Gasteiger partial charge < -0.3 is 4.74 Å². The number of ether oxygens (including phenoxy) is 1. The van der Waals surface area contributed by atoms with E-state index in [1.54, 1.807) is 0 Å². The molecule has 0 saturated heterocycles. The second-order valence-electron chi connectivity index (χ2n) is 3.88. The van der Waals surface area contributed by atoms with Crippen LogP contribution in [0.5, 0.6) is 0 Å². The van der Waals surface area contributed by atoms with Crippen molar-refractivity contribution < 1.29 is 13.2 Å². The third-order valence-electron chi connectivity index (χ3n) is 2.53. The highest BCUT2D eigenvalue weighted by molar-refractivity contribution is 7.89. The standard InChI is InChI=1S/C12H14Cl2N2O3S/c1-19-8-7-16(6-2-5-15)20(17,18)12-9-10(13)3-4-11(12)14/h3-4,9H,2,6-8H2,1H3. The van der Waals surface area contributed by atoms with E-state index < -0.39 is 10.0 Å². The van der Waals surface area contributed by atoms with E-state index in [-0.39, 0.29) is 41.1 Å². The molecule has 0 unspecified atom stereocenters. The van der Waals surface area contributed by atoms with Crippen molar-refractivity contribution in [1.82, 2.24) is 4.31 Å². The van der Waals surface area contributed by atoms with E-state index in [0.29, 0.717) is 0 Å². The number of hydrogen-bond donors (Lipinski definition) is 0. The highest BCUT2D eigenvalue weighted by Crippen LogP contribution is 2.27. The summed E-state index contributed by atoms with van der Waals surface area (Å²) in [5.74, 6) is 0. The molecule has 0 aliphatic heterocycles. The zero-order valence-electron chi connectivity index (χ0n) is 10.8. The average molecular weight is 337 g/mol. The van der Waals surface area contributed by atoms with Gasteiger partial charge >= 0.3 is 0 Å². The zero-order chi connectivity index (χ0) is 15.2. The van der Waals surface area contributed by atoms with Crippen molar-refractivity contribution in [2.45, 2.75) is 11.3 Å². The topological polar surface area (TPSA) is 70.4 Å². The third-order valence-corrected chi connectivity index (χ3v) is 5.14. The van der Waals surface area contributed by atoms with Crippen LogP contribution >= 0.6 is 23.2 Å². The summed E-state index contributed by atoms with van der Waals surface area (Å²) in [6, 6.07) is 6.15. The molecule has 0 radical (unpaired) electrons. The molecule has 0 saturated carbocycles. The highest BCUT2D eigenvalue weighted by atomic mass is 35.5. The first kappa shape index (κ1) is 17.2. The van der Waals surface area contributed by atoms with Crippen molar-refractivity contribution in [1.29, 1.82) is 5.26 Å². The summed E-state index contributed by atoms with van der Waals surface area (Å²) in [7, 11) is -2.34. The van der Waals surface area contributed by atoms with Crippen LogP contribution in [0.2, 0.25) is 10.0 Å². The summed E-state index contributed by atoms with van der Waals surface area (Å²) >= 11 is 11.7. The minimum Gasteiger partial charge on any atom is -0.383 e. The second-order valence-corrected chi connectivity index (χ2v) is 6.63. The molecule has 0 aliphatic carbocycles. The molecule has 1 aromatic carbocycles. The van der Waals surface area contributed by atoms with Gasteiger partial charge in [-0.05, 0) is 18.2 Å². The van der Waals surface area contributed by atoms with Gasteiger partial charge in [0.2, 0.25) is 10.0 Å². The van der Waals surface area contributed by atoms with Crippen molar-refractivity contribution in [3.63, 3.8) is 0 Å². The second kappa shape index (κ2) is 7.81. The molecule has 0 aliphatic rings. The Hall–Kier alpha value is -0.840. The fourth-order valence-corrected chi connectivity index (χ4v) is 3.70. The largest absolute Gasteiger partial charge is 0.383 e. The van der Waals surface area contributed by atoms with Crippen molar-refractivity contribution in [2.75, 3.05) is 26.8 Å². The molecule has 0 spiro atoms. The Morgan fingerprint density at radius 1 is 1.35 bits per heavy atom. The first-order chi connectivity index (χ1) is 9.43. The van der Waals surface area contributed by atoms with E-state index in [2.05, 4.69) is 0 Å². The maximum absolute atomic E-state index is 12.5. The summed E-state index contributed by atoms with van der Waals surface area (Å²) in [5, 5.41) is 8.99. The van der Waals surface area contributed by atoms with Gasteiger partial charge in [-0.15, -0.1) is 0 Å². The summed E-state index contributed by atoms with van der Waals surface area (Å²) in [6.45, 7) is 0.442. The Morgan fingerprint density at radius 3 is 2.65 bits per heavy atom. The number of methoxy groups -OCH3 is 1. The molecule has 110 valence electrons. The quantitative estimate of drug-likeness (QED) is 0.767. The number of hydrogen-bond acceptors (Lipinski definition) is 4. The van der Waals surface area contributed by atoms with Crippen molar-refractivity contribution in [3.8, 4) is 6.07 Å². The molecule has 0 N–H and O–H groups in total. The number of sulfonamides is 1. The molecule has 5 nitrogen and oxygen atoms in total. The van der Waals surface area contributed by atoms with E-state index in [1.807, 2.05) is 6.07 Å². The molecular formula is C12H14Cl2N2O3S. The summed E-state index contributed by atoms with van der Waals surface area (Å²) < 4.78 is 31.1. The Labute approximate surface area is 128 Å². The van der Waals surface area contributed by atoms with Crippen LogP contribution in [-0.4, -0.2) is 39.5 Å². The van der Waals surface area contributed by atoms with Gasteiger partial charge in [-0.1, -0.05) is 23.2 Å². The highest BCUT2D eigenvalue weighted by Gasteiger charge is 2.26. The fraction of sp³-hybridized carbons (Fsp3) is 0.417. The summed E-state index contributed by atoms with van der Waals surface area (Å²) in [6.07, 6.45) is 0.0845. The number of nitriles is 1. The SMILES string of the molecule is COCCN(CCC#N)S(=O)(=O)c1cc(Cl)ccc1Cl. The lowest BCUT2D eigenvalue weighted by atomic mass is 10.4. The van der Waals surface area contributed by atoms with E-state index in [1.165, 1.54) is 25.3 Å². The van der Waals surface area contributed by atoms with Gasteiger partial charge in [0.05, 0.1) is 17.7 Å². The zero-order valence-corrected chi connectivity index (χ0v) is 13.2. The molecule has 1 rings (SSSR count). The van der Waals surface area contributed by atoms with Gasteiger partial charge in [0.15, 0.2) is 0 Å². The molecule has 1 aromatic rings. The molecule has 8 heteroatoms. The lowest BCUT2D eigenvalue weighted by molar-refractivity contribution is 0.179. The van der Waals surface area contributed by atoms with E-state index in [0.717, 1.165) is 4.31 Å². The first-order valence-electron chi connectivity index (χ1n) is 5.74. The monoisotopic (exact) mass is 336 g/mol. The van der Waals surface area contributed by atoms with Gasteiger partial charge in [0.25, 0.3) is 0 Å². The van der Waals surface area contributed by atoms with Gasteiger partial charge in [-0.3, -0.25) is 0 Å². The van der Waals surface area contributed by atoms with Gasteiger partial charge in [0, 0.05) is 31.6 Å².